The van der Waals surface area contributed by atoms with Crippen molar-refractivity contribution in [1.82, 2.24) is 4.57 Å². The van der Waals surface area contributed by atoms with Crippen molar-refractivity contribution in [2.45, 2.75) is 26.4 Å². The summed E-state index contributed by atoms with van der Waals surface area (Å²) in [4.78, 5) is 12.1. The Kier molecular flexibility index (Phi) is 3.22. The quantitative estimate of drug-likeness (QED) is 0.791. The van der Waals surface area contributed by atoms with Crippen LogP contribution in [0.3, 0.4) is 0 Å². The van der Waals surface area contributed by atoms with Crippen molar-refractivity contribution in [2.75, 3.05) is 7.11 Å². The first-order chi connectivity index (χ1) is 8.81. The molecule has 2 rings (SSSR count). The van der Waals surface area contributed by atoms with Gasteiger partial charge in [0.05, 0.1) is 18.8 Å². The van der Waals surface area contributed by atoms with Gasteiger partial charge in [-0.3, -0.25) is 0 Å². The maximum atomic E-state index is 13.3. The number of rotatable bonds is 1. The van der Waals surface area contributed by atoms with Crippen molar-refractivity contribution >= 4 is 17.0 Å². The molecule has 0 aliphatic heterocycles. The molecular formula is C14H16FNO3. The summed E-state index contributed by atoms with van der Waals surface area (Å²) in [6.45, 7) is 5.32. The summed E-state index contributed by atoms with van der Waals surface area (Å²) in [7, 11) is 1.50. The second-order valence-corrected chi connectivity index (χ2v) is 5.21. The van der Waals surface area contributed by atoms with Crippen molar-refractivity contribution in [3.8, 4) is 5.75 Å². The number of hydrogen-bond donors (Lipinski definition) is 0. The van der Waals surface area contributed by atoms with E-state index in [-0.39, 0.29) is 0 Å². The van der Waals surface area contributed by atoms with E-state index in [4.69, 9.17) is 9.47 Å². The van der Waals surface area contributed by atoms with Gasteiger partial charge in [0.2, 0.25) is 0 Å². The summed E-state index contributed by atoms with van der Waals surface area (Å²) in [5.74, 6) is 0.0823. The molecule has 5 heteroatoms. The van der Waals surface area contributed by atoms with E-state index < -0.39 is 17.5 Å². The number of carbonyl (C=O) groups excluding carboxylic acids is 1. The van der Waals surface area contributed by atoms with Gasteiger partial charge in [-0.05, 0) is 39.0 Å². The van der Waals surface area contributed by atoms with Crippen molar-refractivity contribution in [1.29, 1.82) is 0 Å². The molecule has 0 N–H and O–H groups in total. The van der Waals surface area contributed by atoms with E-state index in [9.17, 15) is 9.18 Å². The zero-order valence-corrected chi connectivity index (χ0v) is 11.4. The molecule has 0 fully saturated rings. The Morgan fingerprint density at radius 3 is 2.58 bits per heavy atom. The molecule has 0 bridgehead atoms. The number of fused-ring (bicyclic) bond motifs is 1. The Balaban J connectivity index is 2.54. The standard InChI is InChI=1S/C14H16FNO3/c1-14(2,3)19-13(17)16-8-12(18-4)10-6-5-9(15)7-11(10)16/h5-8H,1-4H3. The van der Waals surface area contributed by atoms with E-state index in [1.165, 1.54) is 30.0 Å². The predicted octanol–water partition coefficient (Wildman–Crippen LogP) is 3.57. The molecule has 0 spiro atoms. The van der Waals surface area contributed by atoms with Crippen LogP contribution in [-0.2, 0) is 4.74 Å². The maximum Gasteiger partial charge on any atom is 0.419 e. The normalized spacial score (nSPS) is 11.6. The number of hydrogen-bond acceptors (Lipinski definition) is 3. The van der Waals surface area contributed by atoms with Crippen LogP contribution >= 0.6 is 0 Å². The lowest BCUT2D eigenvalue weighted by Crippen LogP contribution is -2.26. The molecule has 0 saturated carbocycles. The monoisotopic (exact) mass is 265 g/mol. The third-order valence-corrected chi connectivity index (χ3v) is 2.54. The van der Waals surface area contributed by atoms with E-state index in [2.05, 4.69) is 0 Å². The van der Waals surface area contributed by atoms with Gasteiger partial charge in [0.1, 0.15) is 17.2 Å². The number of benzene rings is 1. The Labute approximate surface area is 110 Å². The summed E-state index contributed by atoms with van der Waals surface area (Å²) < 4.78 is 25.0. The van der Waals surface area contributed by atoms with Gasteiger partial charge in [0, 0.05) is 5.39 Å². The fraction of sp³-hybridized carbons (Fsp3) is 0.357. The van der Waals surface area contributed by atoms with Gasteiger partial charge in [-0.25, -0.2) is 13.8 Å². The largest absolute Gasteiger partial charge is 0.494 e. The molecule has 102 valence electrons. The average Bonchev–Trinajstić information content (AvgIpc) is 2.64. The molecular weight excluding hydrogens is 249 g/mol. The van der Waals surface area contributed by atoms with Crippen molar-refractivity contribution in [2.24, 2.45) is 0 Å². The molecule has 1 aromatic carbocycles. The zero-order chi connectivity index (χ0) is 14.2. The van der Waals surface area contributed by atoms with E-state index >= 15 is 0 Å². The highest BCUT2D eigenvalue weighted by Crippen LogP contribution is 2.29. The molecule has 0 atom stereocenters. The van der Waals surface area contributed by atoms with Gasteiger partial charge >= 0.3 is 6.09 Å². The lowest BCUT2D eigenvalue weighted by atomic mass is 10.2. The molecule has 0 saturated heterocycles. The van der Waals surface area contributed by atoms with Gasteiger partial charge in [0.15, 0.2) is 0 Å². The highest BCUT2D eigenvalue weighted by atomic mass is 19.1. The van der Waals surface area contributed by atoms with Gasteiger partial charge in [0.25, 0.3) is 0 Å². The summed E-state index contributed by atoms with van der Waals surface area (Å²) >= 11 is 0. The molecule has 0 aliphatic carbocycles. The van der Waals surface area contributed by atoms with E-state index in [0.29, 0.717) is 16.7 Å². The highest BCUT2D eigenvalue weighted by molar-refractivity contribution is 5.94. The van der Waals surface area contributed by atoms with E-state index in [0.717, 1.165) is 0 Å². The van der Waals surface area contributed by atoms with Crippen LogP contribution in [0.15, 0.2) is 24.4 Å². The highest BCUT2D eigenvalue weighted by Gasteiger charge is 2.21. The number of methoxy groups -OCH3 is 1. The van der Waals surface area contributed by atoms with Gasteiger partial charge in [-0.15, -0.1) is 0 Å². The van der Waals surface area contributed by atoms with Crippen LogP contribution in [0.2, 0.25) is 0 Å². The fourth-order valence-electron chi connectivity index (χ4n) is 1.79. The molecule has 1 aromatic heterocycles. The topological polar surface area (TPSA) is 40.5 Å². The maximum absolute atomic E-state index is 13.3. The summed E-state index contributed by atoms with van der Waals surface area (Å²) in [6.07, 6.45) is 0.935. The number of halogens is 1. The Hall–Kier alpha value is -2.04. The van der Waals surface area contributed by atoms with Crippen molar-refractivity contribution in [3.05, 3.63) is 30.2 Å². The third-order valence-electron chi connectivity index (χ3n) is 2.54. The van der Waals surface area contributed by atoms with Gasteiger partial charge in [-0.2, -0.15) is 0 Å². The molecule has 0 radical (unpaired) electrons. The van der Waals surface area contributed by atoms with E-state index in [1.807, 2.05) is 0 Å². The van der Waals surface area contributed by atoms with Gasteiger partial charge < -0.3 is 9.47 Å². The van der Waals surface area contributed by atoms with Crippen LogP contribution in [0, 0.1) is 5.82 Å². The average molecular weight is 265 g/mol. The number of aromatic nitrogens is 1. The minimum Gasteiger partial charge on any atom is -0.494 e. The van der Waals surface area contributed by atoms with Crippen LogP contribution < -0.4 is 4.74 Å². The van der Waals surface area contributed by atoms with Crippen LogP contribution in [0.5, 0.6) is 5.75 Å². The Morgan fingerprint density at radius 1 is 1.32 bits per heavy atom. The van der Waals surface area contributed by atoms with Gasteiger partial charge in [-0.1, -0.05) is 0 Å². The number of carbonyl (C=O) groups is 1. The molecule has 4 nitrogen and oxygen atoms in total. The number of ether oxygens (including phenoxy) is 2. The predicted molar refractivity (Wildman–Crippen MR) is 70.1 cm³/mol. The van der Waals surface area contributed by atoms with E-state index in [1.54, 1.807) is 26.8 Å². The summed E-state index contributed by atoms with van der Waals surface area (Å²) in [5.41, 5.74) is -0.195. The molecule has 0 aliphatic rings. The molecule has 19 heavy (non-hydrogen) atoms. The first kappa shape index (κ1) is 13.4. The van der Waals surface area contributed by atoms with Crippen LogP contribution in [0.1, 0.15) is 20.8 Å². The molecule has 1 heterocycles. The van der Waals surface area contributed by atoms with Crippen LogP contribution in [-0.4, -0.2) is 23.4 Å². The Bertz CT molecular complexity index is 625. The first-order valence-corrected chi connectivity index (χ1v) is 5.90. The third kappa shape index (κ3) is 2.70. The summed E-state index contributed by atoms with van der Waals surface area (Å²) in [5, 5.41) is 0.662. The minimum atomic E-state index is -0.617. The molecule has 2 aromatic rings. The number of nitrogens with zero attached hydrogens (tertiary/aromatic N) is 1. The lowest BCUT2D eigenvalue weighted by Gasteiger charge is -2.19. The second-order valence-electron chi connectivity index (χ2n) is 5.21. The first-order valence-electron chi connectivity index (χ1n) is 5.90. The fourth-order valence-corrected chi connectivity index (χ4v) is 1.79. The Morgan fingerprint density at radius 2 is 2.00 bits per heavy atom. The SMILES string of the molecule is COc1cn(C(=O)OC(C)(C)C)c2cc(F)ccc12. The van der Waals surface area contributed by atoms with Crippen molar-refractivity contribution < 1.29 is 18.7 Å². The van der Waals surface area contributed by atoms with Crippen LogP contribution in [0.25, 0.3) is 10.9 Å². The summed E-state index contributed by atoms with van der Waals surface area (Å²) in [6, 6.07) is 4.18. The van der Waals surface area contributed by atoms with Crippen LogP contribution in [0.4, 0.5) is 9.18 Å². The smallest absolute Gasteiger partial charge is 0.419 e. The minimum absolute atomic E-state index is 0.418. The van der Waals surface area contributed by atoms with Crippen molar-refractivity contribution in [3.63, 3.8) is 0 Å². The second kappa shape index (κ2) is 4.57. The molecule has 0 unspecified atom stereocenters. The molecule has 0 amide bonds. The lowest BCUT2D eigenvalue weighted by molar-refractivity contribution is 0.0544. The zero-order valence-electron chi connectivity index (χ0n) is 11.4.